The first-order chi connectivity index (χ1) is 14.1. The fourth-order valence-electron chi connectivity index (χ4n) is 2.43. The summed E-state index contributed by atoms with van der Waals surface area (Å²) in [6, 6.07) is 13.7. The number of aromatic nitrogens is 4. The van der Waals surface area contributed by atoms with E-state index in [9.17, 15) is 10.1 Å². The van der Waals surface area contributed by atoms with E-state index in [1.54, 1.807) is 18.2 Å². The molecule has 144 valence electrons. The molecule has 0 aliphatic rings. The van der Waals surface area contributed by atoms with Crippen molar-refractivity contribution < 1.29 is 9.55 Å². The summed E-state index contributed by atoms with van der Waals surface area (Å²) in [4.78, 5) is 19.3. The van der Waals surface area contributed by atoms with Gasteiger partial charge in [-0.15, -0.1) is 0 Å². The Hall–Kier alpha value is -3.93. The molecule has 0 amide bonds. The van der Waals surface area contributed by atoms with Gasteiger partial charge in [-0.25, -0.2) is 9.61 Å². The first-order valence-corrected chi connectivity index (χ1v) is 8.95. The lowest BCUT2D eigenvalue weighted by Crippen LogP contribution is -2.03. The summed E-state index contributed by atoms with van der Waals surface area (Å²) in [6.45, 7) is 0. The molecule has 2 heterocycles. The van der Waals surface area contributed by atoms with Crippen LogP contribution in [0.25, 0.3) is 11.3 Å². The first-order valence-electron chi connectivity index (χ1n) is 8.15. The van der Waals surface area contributed by atoms with Gasteiger partial charge in [0.15, 0.2) is 11.6 Å². The maximum absolute atomic E-state index is 11.1. The predicted octanol–water partition coefficient (Wildman–Crippen LogP) is 3.87. The summed E-state index contributed by atoms with van der Waals surface area (Å²) in [5.41, 5.74) is 4.16. The van der Waals surface area contributed by atoms with E-state index in [4.69, 9.17) is 0 Å². The lowest BCUT2D eigenvalue weighted by Gasteiger charge is -2.09. The first kappa shape index (κ1) is 18.4. The van der Waals surface area contributed by atoms with Crippen LogP contribution in [-0.4, -0.2) is 31.4 Å². The van der Waals surface area contributed by atoms with E-state index < -0.39 is 4.92 Å². The number of nitro benzene ring substituents is 1. The minimum absolute atomic E-state index is 0.0622. The second kappa shape index (κ2) is 7.98. The number of para-hydroxylation sites is 1. The molecule has 2 N–H and O–H groups in total. The summed E-state index contributed by atoms with van der Waals surface area (Å²) < 4.78 is 5.54. The van der Waals surface area contributed by atoms with Crippen LogP contribution in [0.4, 0.5) is 23.0 Å². The maximum Gasteiger partial charge on any atom is 0.278 e. The van der Waals surface area contributed by atoms with Crippen LogP contribution in [0.5, 0.6) is 0 Å². The number of hydrogen-bond acceptors (Lipinski definition) is 10. The summed E-state index contributed by atoms with van der Waals surface area (Å²) in [5.74, 6) is 0.564. The molecule has 0 bridgehead atoms. The molecule has 0 saturated heterocycles. The van der Waals surface area contributed by atoms with Crippen LogP contribution in [0, 0.1) is 10.1 Å². The van der Waals surface area contributed by atoms with Gasteiger partial charge in [0.25, 0.3) is 5.69 Å². The highest BCUT2D eigenvalue weighted by Gasteiger charge is 2.14. The molecule has 0 radical (unpaired) electrons. The van der Waals surface area contributed by atoms with Crippen LogP contribution in [0.3, 0.4) is 0 Å². The lowest BCUT2D eigenvalue weighted by molar-refractivity contribution is -0.385. The van der Waals surface area contributed by atoms with Crippen molar-refractivity contribution in [1.29, 1.82) is 0 Å². The molecule has 0 unspecified atom stereocenters. The van der Waals surface area contributed by atoms with E-state index in [1.165, 1.54) is 12.3 Å². The molecular formula is C17H11BrN8O3. The van der Waals surface area contributed by atoms with Crippen molar-refractivity contribution in [2.75, 3.05) is 10.7 Å². The van der Waals surface area contributed by atoms with E-state index >= 15 is 0 Å². The number of nitrogens with one attached hydrogen (secondary N) is 2. The van der Waals surface area contributed by atoms with Crippen LogP contribution in [0.15, 0.2) is 62.7 Å². The highest BCUT2D eigenvalue weighted by atomic mass is 79.9. The molecule has 29 heavy (non-hydrogen) atoms. The van der Waals surface area contributed by atoms with E-state index in [2.05, 4.69) is 56.7 Å². The Kier molecular flexibility index (Phi) is 5.07. The lowest BCUT2D eigenvalue weighted by atomic mass is 10.2. The average Bonchev–Trinajstić information content (AvgIpc) is 3.15. The standard InChI is InChI=1S/C17H11BrN8O3/c18-11-5-3-6-12(8-11)20-14-15(22-17-16(21-14)24-29-25-17)23-19-9-10-4-1-2-7-13(10)26(27)28/h1-9H,(H,20,21,24)(H,22,23,25)/b19-9-. The van der Waals surface area contributed by atoms with Crippen molar-refractivity contribution in [2.45, 2.75) is 0 Å². The number of nitrogens with zero attached hydrogens (tertiary/aromatic N) is 6. The Labute approximate surface area is 171 Å². The number of hydrogen-bond donors (Lipinski definition) is 2. The number of halogens is 1. The number of anilines is 3. The van der Waals surface area contributed by atoms with Crippen molar-refractivity contribution in [2.24, 2.45) is 5.10 Å². The molecule has 0 atom stereocenters. The zero-order valence-corrected chi connectivity index (χ0v) is 16.1. The molecular weight excluding hydrogens is 444 g/mol. The largest absolute Gasteiger partial charge is 0.337 e. The normalized spacial score (nSPS) is 11.1. The molecule has 12 heteroatoms. The molecule has 4 rings (SSSR count). The Morgan fingerprint density at radius 2 is 1.83 bits per heavy atom. The molecule has 0 saturated carbocycles. The number of rotatable bonds is 6. The van der Waals surface area contributed by atoms with Crippen molar-refractivity contribution in [3.8, 4) is 0 Å². The number of fused-ring (bicyclic) bond motifs is 1. The van der Waals surface area contributed by atoms with Gasteiger partial charge < -0.3 is 5.32 Å². The molecule has 0 aliphatic carbocycles. The molecule has 0 spiro atoms. The van der Waals surface area contributed by atoms with Gasteiger partial charge in [-0.05, 0) is 34.6 Å². The van der Waals surface area contributed by atoms with Crippen LogP contribution in [0.1, 0.15) is 5.56 Å². The minimum atomic E-state index is -0.478. The van der Waals surface area contributed by atoms with Gasteiger partial charge in [-0.2, -0.15) is 10.1 Å². The van der Waals surface area contributed by atoms with Crippen LogP contribution >= 0.6 is 15.9 Å². The molecule has 2 aromatic heterocycles. The molecule has 2 aromatic carbocycles. The summed E-state index contributed by atoms with van der Waals surface area (Å²) in [6.07, 6.45) is 1.33. The van der Waals surface area contributed by atoms with Gasteiger partial charge >= 0.3 is 0 Å². The van der Waals surface area contributed by atoms with Crippen LogP contribution in [0.2, 0.25) is 0 Å². The second-order valence-corrected chi connectivity index (χ2v) is 6.57. The molecule has 0 fully saturated rings. The summed E-state index contributed by atoms with van der Waals surface area (Å²) in [5, 5.41) is 25.6. The fraction of sp³-hybridized carbons (Fsp3) is 0. The smallest absolute Gasteiger partial charge is 0.278 e. The maximum atomic E-state index is 11.1. The monoisotopic (exact) mass is 454 g/mol. The third-order valence-electron chi connectivity index (χ3n) is 3.71. The topological polar surface area (TPSA) is 144 Å². The zero-order valence-electron chi connectivity index (χ0n) is 14.5. The van der Waals surface area contributed by atoms with Crippen molar-refractivity contribution in [1.82, 2.24) is 20.3 Å². The van der Waals surface area contributed by atoms with Gasteiger partial charge in [0.2, 0.25) is 11.3 Å². The van der Waals surface area contributed by atoms with Crippen molar-refractivity contribution >= 4 is 56.4 Å². The summed E-state index contributed by atoms with van der Waals surface area (Å²) in [7, 11) is 0. The van der Waals surface area contributed by atoms with E-state index in [0.717, 1.165) is 10.2 Å². The third-order valence-corrected chi connectivity index (χ3v) is 4.20. The predicted molar refractivity (Wildman–Crippen MR) is 109 cm³/mol. The van der Waals surface area contributed by atoms with Gasteiger partial charge in [0.05, 0.1) is 16.7 Å². The Morgan fingerprint density at radius 3 is 2.59 bits per heavy atom. The number of hydrazone groups is 1. The van der Waals surface area contributed by atoms with E-state index in [0.29, 0.717) is 11.4 Å². The quantitative estimate of drug-likeness (QED) is 0.251. The minimum Gasteiger partial charge on any atom is -0.337 e. The molecule has 11 nitrogen and oxygen atoms in total. The fourth-order valence-corrected chi connectivity index (χ4v) is 2.83. The molecule has 4 aromatic rings. The third kappa shape index (κ3) is 4.16. The molecule has 0 aliphatic heterocycles. The van der Waals surface area contributed by atoms with Crippen LogP contribution in [-0.2, 0) is 0 Å². The zero-order chi connectivity index (χ0) is 20.2. The Morgan fingerprint density at radius 1 is 1.07 bits per heavy atom. The van der Waals surface area contributed by atoms with Crippen molar-refractivity contribution in [3.63, 3.8) is 0 Å². The number of nitro groups is 1. The Balaban J connectivity index is 1.65. The van der Waals surface area contributed by atoms with Gasteiger partial charge in [0, 0.05) is 16.2 Å². The average molecular weight is 455 g/mol. The van der Waals surface area contributed by atoms with Gasteiger partial charge in [-0.1, -0.05) is 34.1 Å². The number of benzene rings is 2. The van der Waals surface area contributed by atoms with Crippen molar-refractivity contribution in [3.05, 3.63) is 68.7 Å². The highest BCUT2D eigenvalue weighted by molar-refractivity contribution is 9.10. The van der Waals surface area contributed by atoms with Crippen LogP contribution < -0.4 is 10.7 Å². The summed E-state index contributed by atoms with van der Waals surface area (Å²) >= 11 is 3.41. The SMILES string of the molecule is O=[N+]([O-])c1ccccc1/C=N\Nc1nc2nonc2nc1Nc1cccc(Br)c1. The second-order valence-electron chi connectivity index (χ2n) is 5.65. The highest BCUT2D eigenvalue weighted by Crippen LogP contribution is 2.25. The van der Waals surface area contributed by atoms with E-state index in [1.807, 2.05) is 24.3 Å². The van der Waals surface area contributed by atoms with Gasteiger partial charge in [-0.3, -0.25) is 15.5 Å². The van der Waals surface area contributed by atoms with E-state index in [-0.39, 0.29) is 22.8 Å². The Bertz CT molecular complexity index is 1230. The van der Waals surface area contributed by atoms with Gasteiger partial charge in [0.1, 0.15) is 0 Å².